The molecular weight excluding hydrogens is 608 g/mol. The molecule has 0 fully saturated rings. The zero-order chi connectivity index (χ0) is 32.8. The molecule has 0 unspecified atom stereocenters. The molecule has 5 amide bonds. The smallest absolute Gasteiger partial charge is 0.274 e. The van der Waals surface area contributed by atoms with E-state index in [1.54, 1.807) is 55.2 Å². The lowest BCUT2D eigenvalue weighted by molar-refractivity contribution is -0.133. The molecule has 2 bridgehead atoms. The van der Waals surface area contributed by atoms with Gasteiger partial charge >= 0.3 is 0 Å². The van der Waals surface area contributed by atoms with Crippen molar-refractivity contribution in [2.75, 3.05) is 13.1 Å². The maximum Gasteiger partial charge on any atom is 0.274 e. The van der Waals surface area contributed by atoms with Crippen LogP contribution in [0.25, 0.3) is 5.69 Å². The summed E-state index contributed by atoms with van der Waals surface area (Å²) in [5.41, 5.74) is 0.528. The number of rotatable bonds is 4. The summed E-state index contributed by atoms with van der Waals surface area (Å²) in [7, 11) is 0. The summed E-state index contributed by atoms with van der Waals surface area (Å²) in [6.07, 6.45) is 1.96. The molecule has 3 heterocycles. The second kappa shape index (κ2) is 14.3. The normalized spacial score (nSPS) is 21.2. The number of nitrogens with zero attached hydrogens (tertiary/aromatic N) is 4. The zero-order valence-electron chi connectivity index (χ0n) is 25.1. The van der Waals surface area contributed by atoms with Gasteiger partial charge < -0.3 is 35.8 Å². The Labute approximate surface area is 263 Å². The lowest BCUT2D eigenvalue weighted by Gasteiger charge is -2.27. The van der Waals surface area contributed by atoms with Crippen molar-refractivity contribution in [1.29, 1.82) is 0 Å². The molecule has 45 heavy (non-hydrogen) atoms. The van der Waals surface area contributed by atoms with E-state index in [1.807, 2.05) is 0 Å². The Balaban J connectivity index is 1.68. The lowest BCUT2D eigenvalue weighted by atomic mass is 10.0. The van der Waals surface area contributed by atoms with Crippen molar-refractivity contribution in [3.05, 3.63) is 64.8 Å². The third-order valence-electron chi connectivity index (χ3n) is 7.11. The number of aliphatic hydroxyl groups is 1. The van der Waals surface area contributed by atoms with Gasteiger partial charge in [0.1, 0.15) is 18.1 Å². The summed E-state index contributed by atoms with van der Waals surface area (Å²) in [5, 5.41) is 28.6. The fourth-order valence-corrected chi connectivity index (χ4v) is 4.77. The number of nitrogens with one attached hydrogen (secondary N) is 4. The molecule has 1 aliphatic heterocycles. The van der Waals surface area contributed by atoms with Gasteiger partial charge in [0.2, 0.25) is 17.7 Å². The van der Waals surface area contributed by atoms with Gasteiger partial charge in [0, 0.05) is 31.5 Å². The third-order valence-corrected chi connectivity index (χ3v) is 7.44. The molecule has 0 saturated carbocycles. The van der Waals surface area contributed by atoms with E-state index in [0.29, 0.717) is 5.69 Å². The summed E-state index contributed by atoms with van der Waals surface area (Å²) < 4.78 is 6.91. The maximum atomic E-state index is 13.9. The highest BCUT2D eigenvalue weighted by Crippen LogP contribution is 2.22. The molecule has 0 radical (unpaired) electrons. The molecule has 1 aliphatic rings. The van der Waals surface area contributed by atoms with Crippen molar-refractivity contribution >= 4 is 41.1 Å². The Bertz CT molecular complexity index is 1560. The van der Waals surface area contributed by atoms with E-state index in [9.17, 15) is 29.1 Å². The van der Waals surface area contributed by atoms with E-state index in [-0.39, 0.29) is 47.6 Å². The van der Waals surface area contributed by atoms with E-state index in [2.05, 4.69) is 31.5 Å². The van der Waals surface area contributed by atoms with E-state index >= 15 is 0 Å². The number of aromatic nitrogens is 3. The summed E-state index contributed by atoms with van der Waals surface area (Å²) in [4.78, 5) is 67.2. The molecule has 1 aromatic carbocycles. The van der Waals surface area contributed by atoms with Crippen molar-refractivity contribution in [2.24, 2.45) is 5.92 Å². The molecule has 0 saturated heterocycles. The Morgan fingerprint density at radius 3 is 2.47 bits per heavy atom. The third kappa shape index (κ3) is 8.05. The van der Waals surface area contributed by atoms with Crippen LogP contribution in [0.5, 0.6) is 0 Å². The molecule has 4 rings (SSSR count). The fraction of sp³-hybridized carbons (Fsp3) is 0.414. The van der Waals surface area contributed by atoms with E-state index in [4.69, 9.17) is 16.1 Å². The molecule has 2 aromatic heterocycles. The molecule has 240 valence electrons. The first-order chi connectivity index (χ1) is 21.3. The van der Waals surface area contributed by atoms with Crippen LogP contribution in [-0.2, 0) is 20.9 Å². The Morgan fingerprint density at radius 1 is 1.04 bits per heavy atom. The number of carbonyl (C=O) groups is 5. The minimum Gasteiger partial charge on any atom is -0.391 e. The van der Waals surface area contributed by atoms with Gasteiger partial charge in [0.25, 0.3) is 11.8 Å². The SMILES string of the molecule is CC(C)[C@@H]1NC(=O)[C@H](C)NC(=O)[C@H]([C@@H](C)O)NC(=O)c2cc(on2)CN(C(=O)c2cc(-n3cccn3)ccc2Cl)CCNC1=O. The van der Waals surface area contributed by atoms with Gasteiger partial charge in [-0.15, -0.1) is 0 Å². The minimum absolute atomic E-state index is 0.00947. The van der Waals surface area contributed by atoms with Crippen LogP contribution in [0.4, 0.5) is 0 Å². The van der Waals surface area contributed by atoms with Gasteiger partial charge in [0.05, 0.1) is 28.9 Å². The van der Waals surface area contributed by atoms with Crippen molar-refractivity contribution < 1.29 is 33.6 Å². The van der Waals surface area contributed by atoms with Crippen LogP contribution in [0.2, 0.25) is 5.02 Å². The predicted octanol–water partition coefficient (Wildman–Crippen LogP) is 0.411. The summed E-state index contributed by atoms with van der Waals surface area (Å²) >= 11 is 6.44. The molecule has 15 nitrogen and oxygen atoms in total. The van der Waals surface area contributed by atoms with Crippen LogP contribution >= 0.6 is 11.6 Å². The van der Waals surface area contributed by atoms with E-state index < -0.39 is 53.8 Å². The number of carbonyl (C=O) groups excluding carboxylic acids is 5. The average molecular weight is 643 g/mol. The molecule has 3 aromatic rings. The highest BCUT2D eigenvalue weighted by molar-refractivity contribution is 6.33. The van der Waals surface area contributed by atoms with Crippen LogP contribution in [0.3, 0.4) is 0 Å². The molecule has 5 N–H and O–H groups in total. The van der Waals surface area contributed by atoms with E-state index in [0.717, 1.165) is 0 Å². The summed E-state index contributed by atoms with van der Waals surface area (Å²) in [6.45, 7) is 6.00. The van der Waals surface area contributed by atoms with Gasteiger partial charge in [-0.2, -0.15) is 5.10 Å². The van der Waals surface area contributed by atoms with Gasteiger partial charge in [-0.25, -0.2) is 4.68 Å². The highest BCUT2D eigenvalue weighted by Gasteiger charge is 2.32. The first-order valence-corrected chi connectivity index (χ1v) is 14.6. The van der Waals surface area contributed by atoms with Crippen molar-refractivity contribution in [2.45, 2.75) is 58.5 Å². The number of hydrogen-bond donors (Lipinski definition) is 5. The Morgan fingerprint density at radius 2 is 1.80 bits per heavy atom. The highest BCUT2D eigenvalue weighted by atomic mass is 35.5. The van der Waals surface area contributed by atoms with Gasteiger partial charge in [-0.3, -0.25) is 24.0 Å². The summed E-state index contributed by atoms with van der Waals surface area (Å²) in [5.74, 6) is -3.53. The maximum absolute atomic E-state index is 13.9. The van der Waals surface area contributed by atoms with Crippen LogP contribution in [0.15, 0.2) is 47.2 Å². The number of benzene rings is 1. The Hall–Kier alpha value is -4.76. The van der Waals surface area contributed by atoms with Crippen LogP contribution in [0.1, 0.15) is 54.3 Å². The van der Waals surface area contributed by atoms with Crippen molar-refractivity contribution in [1.82, 2.24) is 41.1 Å². The largest absolute Gasteiger partial charge is 0.391 e. The number of aliphatic hydroxyl groups excluding tert-OH is 1. The number of hydrogen-bond acceptors (Lipinski definition) is 9. The lowest BCUT2D eigenvalue weighted by Crippen LogP contribution is -2.58. The monoisotopic (exact) mass is 642 g/mol. The van der Waals surface area contributed by atoms with E-state index in [1.165, 1.54) is 24.8 Å². The number of halogens is 1. The molecule has 4 atom stereocenters. The second-order valence-corrected chi connectivity index (χ2v) is 11.4. The summed E-state index contributed by atoms with van der Waals surface area (Å²) in [6, 6.07) is 4.34. The molecular formula is C29H35ClN8O7. The minimum atomic E-state index is -1.45. The van der Waals surface area contributed by atoms with Gasteiger partial charge in [-0.05, 0) is 44.0 Å². The number of amides is 5. The molecule has 16 heteroatoms. The van der Waals surface area contributed by atoms with Crippen molar-refractivity contribution in [3.63, 3.8) is 0 Å². The van der Waals surface area contributed by atoms with Crippen LogP contribution < -0.4 is 21.3 Å². The first kappa shape index (κ1) is 33.1. The molecule has 0 spiro atoms. The van der Waals surface area contributed by atoms with Gasteiger partial charge in [-0.1, -0.05) is 30.6 Å². The Kier molecular flexibility index (Phi) is 10.6. The predicted molar refractivity (Wildman–Crippen MR) is 160 cm³/mol. The fourth-order valence-electron chi connectivity index (χ4n) is 4.57. The number of fused-ring (bicyclic) bond motifs is 2. The average Bonchev–Trinajstić information content (AvgIpc) is 3.70. The topological polar surface area (TPSA) is 201 Å². The first-order valence-electron chi connectivity index (χ1n) is 14.3. The molecule has 0 aliphatic carbocycles. The standard InChI is InChI=1S/C29H35ClN8O7/c1-15(2)23-27(42)31-9-11-37(29(44)20-12-18(6-7-21(20)30)38-10-5-8-32-38)14-19-13-22(36-45-19)26(41)35-24(17(4)39)28(43)33-16(3)25(40)34-23/h5-8,10,12-13,15-17,23-24,39H,9,11,14H2,1-4H3,(H,31,42)(H,33,43)(H,34,40)(H,35,41)/t16-,17+,23-,24-/m0/s1. The van der Waals surface area contributed by atoms with Crippen LogP contribution in [0, 0.1) is 5.92 Å². The van der Waals surface area contributed by atoms with Crippen LogP contribution in [-0.4, -0.2) is 91.8 Å². The quantitative estimate of drug-likeness (QED) is 0.267. The zero-order valence-corrected chi connectivity index (χ0v) is 25.9. The second-order valence-electron chi connectivity index (χ2n) is 11.0. The van der Waals surface area contributed by atoms with Crippen molar-refractivity contribution in [3.8, 4) is 5.69 Å². The van der Waals surface area contributed by atoms with Gasteiger partial charge in [0.15, 0.2) is 11.5 Å².